The van der Waals surface area contributed by atoms with Crippen molar-refractivity contribution < 1.29 is 14.6 Å². The molecule has 0 radical (unpaired) electrons. The van der Waals surface area contributed by atoms with Crippen molar-refractivity contribution in [2.75, 3.05) is 52.6 Å². The van der Waals surface area contributed by atoms with Gasteiger partial charge in [-0.15, -0.1) is 11.8 Å². The summed E-state index contributed by atoms with van der Waals surface area (Å²) in [5.74, 6) is 3.50. The van der Waals surface area contributed by atoms with Gasteiger partial charge in [0.15, 0.2) is 0 Å². The lowest BCUT2D eigenvalue weighted by Gasteiger charge is -2.62. The van der Waals surface area contributed by atoms with Crippen molar-refractivity contribution in [1.29, 1.82) is 0 Å². The number of hydrogen-bond acceptors (Lipinski definition) is 8. The topological polar surface area (TPSA) is 80.3 Å². The number of fused-ring (bicyclic) bond motifs is 2. The van der Waals surface area contributed by atoms with Crippen molar-refractivity contribution in [2.24, 2.45) is 23.2 Å². The van der Waals surface area contributed by atoms with Crippen LogP contribution in [0.15, 0.2) is 66.7 Å². The van der Waals surface area contributed by atoms with Gasteiger partial charge in [-0.25, -0.2) is 0 Å². The van der Waals surface area contributed by atoms with Crippen molar-refractivity contribution in [3.05, 3.63) is 83.4 Å². The number of methoxy groups -OCH3 is 1. The summed E-state index contributed by atoms with van der Waals surface area (Å²) in [6.45, 7) is 13.1. The smallest absolute Gasteiger partial charge is 0.251 e. The zero-order valence-corrected chi connectivity index (χ0v) is 34.5. The number of ether oxygens (including phenoxy) is 1. The number of carbonyl (C=O) groups excluding carboxylic acids is 1. The maximum absolute atomic E-state index is 14.0. The molecule has 3 saturated carbocycles. The first-order valence-electron chi connectivity index (χ1n) is 19.4. The van der Waals surface area contributed by atoms with E-state index in [4.69, 9.17) is 4.74 Å². The van der Waals surface area contributed by atoms with Crippen molar-refractivity contribution in [2.45, 2.75) is 89.5 Å². The van der Waals surface area contributed by atoms with E-state index in [1.807, 2.05) is 75.2 Å². The van der Waals surface area contributed by atoms with Gasteiger partial charge in [0, 0.05) is 72.3 Å². The summed E-state index contributed by atoms with van der Waals surface area (Å²) >= 11 is 1.90. The van der Waals surface area contributed by atoms with E-state index < -0.39 is 6.23 Å². The zero-order valence-electron chi connectivity index (χ0n) is 33.6. The molecule has 53 heavy (non-hydrogen) atoms. The van der Waals surface area contributed by atoms with Crippen molar-refractivity contribution >= 4 is 23.4 Å². The molecular formula is C44H63N5O3S. The predicted molar refractivity (Wildman–Crippen MR) is 221 cm³/mol. The normalized spacial score (nSPS) is 25.8. The number of nitrogens with zero attached hydrogens (tertiary/aromatic N) is 3. The van der Waals surface area contributed by atoms with E-state index in [2.05, 4.69) is 91.5 Å². The summed E-state index contributed by atoms with van der Waals surface area (Å²) in [7, 11) is 9.81. The van der Waals surface area contributed by atoms with Crippen molar-refractivity contribution in [3.8, 4) is 16.9 Å². The van der Waals surface area contributed by atoms with Gasteiger partial charge in [0.25, 0.3) is 5.91 Å². The second-order valence-corrected chi connectivity index (χ2v) is 19.1. The molecule has 9 heteroatoms. The molecule has 0 aromatic heterocycles. The van der Waals surface area contributed by atoms with Crippen LogP contribution in [0.2, 0.25) is 0 Å². The number of likely N-dealkylation sites (N-methyl/N-ethyl adjacent to an activating group) is 1. The Bertz CT molecular complexity index is 1730. The SMILES string of the molecule is COc1c(CN2CSC(C)(C)[C@H]2C(O)N[C@H]2C[C@H]3C[C@@H]([C@@H]2C)C3(C)C)cccc1-c1cc(C(=O)N[C@@H](Cc2ccccc2)CN(C)C)cc(N(C)C)c1. The van der Waals surface area contributed by atoms with Gasteiger partial charge in [-0.2, -0.15) is 0 Å². The van der Waals surface area contributed by atoms with Crippen LogP contribution >= 0.6 is 11.8 Å². The summed E-state index contributed by atoms with van der Waals surface area (Å²) < 4.78 is 6.07. The second-order valence-electron chi connectivity index (χ2n) is 17.5. The van der Waals surface area contributed by atoms with E-state index in [1.165, 1.54) is 12.0 Å². The number of nitrogens with one attached hydrogen (secondary N) is 2. The third kappa shape index (κ3) is 8.45. The van der Waals surface area contributed by atoms with Crippen LogP contribution in [-0.2, 0) is 13.0 Å². The Hall–Kier alpha value is -3.08. The summed E-state index contributed by atoms with van der Waals surface area (Å²) in [4.78, 5) is 20.6. The van der Waals surface area contributed by atoms with Crippen LogP contribution in [0.5, 0.6) is 5.75 Å². The number of aliphatic hydroxyl groups is 1. The standard InChI is InChI=1S/C44H63N5O3S/c1-28-37-23-33(43(37,2)3)24-38(28)46-42(51)40-44(4,5)53-27-49(40)25-30-17-14-18-36(39(30)52-10)31-20-32(22-35(21-31)48(8)9)41(50)45-34(26-47(6)7)19-29-15-12-11-13-16-29/h11-18,20-22,28,33-34,37-38,40,42,46,51H,19,23-27H2,1-10H3,(H,45,50)/t28-,33+,34-,37-,38-,40+,42?/m0/s1. The van der Waals surface area contributed by atoms with Gasteiger partial charge in [0.05, 0.1) is 13.2 Å². The number of hydrogen-bond donors (Lipinski definition) is 3. The molecule has 1 amide bonds. The molecule has 7 atom stereocenters. The maximum atomic E-state index is 14.0. The molecule has 2 bridgehead atoms. The summed E-state index contributed by atoms with van der Waals surface area (Å²) in [5, 5.41) is 19.0. The number of rotatable bonds is 14. The highest BCUT2D eigenvalue weighted by Crippen LogP contribution is 2.61. The lowest BCUT2D eigenvalue weighted by Crippen LogP contribution is -2.64. The lowest BCUT2D eigenvalue weighted by molar-refractivity contribution is -0.125. The van der Waals surface area contributed by atoms with Crippen LogP contribution in [0.25, 0.3) is 11.1 Å². The Morgan fingerprint density at radius 2 is 1.75 bits per heavy atom. The van der Waals surface area contributed by atoms with Gasteiger partial charge in [-0.3, -0.25) is 15.0 Å². The van der Waals surface area contributed by atoms with E-state index in [-0.39, 0.29) is 22.7 Å². The van der Waals surface area contributed by atoms with Gasteiger partial charge >= 0.3 is 0 Å². The highest BCUT2D eigenvalue weighted by Gasteiger charge is 2.57. The molecule has 4 aliphatic rings. The number of benzene rings is 3. The Morgan fingerprint density at radius 1 is 1.02 bits per heavy atom. The molecule has 3 aromatic rings. The third-order valence-corrected chi connectivity index (χ3v) is 14.1. The van der Waals surface area contributed by atoms with Crippen LogP contribution in [0.1, 0.15) is 68.9 Å². The van der Waals surface area contributed by atoms with Gasteiger partial charge in [0.2, 0.25) is 0 Å². The van der Waals surface area contributed by atoms with Crippen LogP contribution < -0.4 is 20.3 Å². The average molecular weight is 742 g/mol. The Morgan fingerprint density at radius 3 is 2.40 bits per heavy atom. The maximum Gasteiger partial charge on any atom is 0.251 e. The minimum atomic E-state index is -0.640. The largest absolute Gasteiger partial charge is 0.496 e. The molecule has 4 fully saturated rings. The van der Waals surface area contributed by atoms with Gasteiger partial charge in [-0.05, 0) is 99.7 Å². The third-order valence-electron chi connectivity index (χ3n) is 12.7. The first kappa shape index (κ1) is 39.6. The molecule has 288 valence electrons. The fourth-order valence-corrected chi connectivity index (χ4v) is 10.8. The molecule has 1 unspecified atom stereocenters. The Labute approximate surface area is 323 Å². The van der Waals surface area contributed by atoms with Gasteiger partial charge in [0.1, 0.15) is 12.0 Å². The summed E-state index contributed by atoms with van der Waals surface area (Å²) in [6.07, 6.45) is 2.56. The predicted octanol–water partition coefficient (Wildman–Crippen LogP) is 6.96. The fourth-order valence-electron chi connectivity index (χ4n) is 9.58. The molecule has 3 aromatic carbocycles. The molecular weight excluding hydrogens is 679 g/mol. The van der Waals surface area contributed by atoms with E-state index in [0.717, 1.165) is 59.3 Å². The highest BCUT2D eigenvalue weighted by atomic mass is 32.2. The minimum Gasteiger partial charge on any atom is -0.496 e. The number of thioether (sulfide) groups is 1. The van der Waals surface area contributed by atoms with Crippen molar-refractivity contribution in [1.82, 2.24) is 20.4 Å². The molecule has 1 aliphatic heterocycles. The number of carbonyl (C=O) groups is 1. The van der Waals surface area contributed by atoms with Gasteiger partial charge < -0.3 is 25.0 Å². The van der Waals surface area contributed by atoms with Crippen LogP contribution in [-0.4, -0.2) is 97.6 Å². The first-order chi connectivity index (χ1) is 25.1. The average Bonchev–Trinajstić information content (AvgIpc) is 3.41. The van der Waals surface area contributed by atoms with E-state index in [9.17, 15) is 9.90 Å². The molecule has 7 rings (SSSR count). The minimum absolute atomic E-state index is 0.0524. The van der Waals surface area contributed by atoms with Crippen LogP contribution in [0, 0.1) is 23.2 Å². The summed E-state index contributed by atoms with van der Waals surface area (Å²) in [6, 6.07) is 22.9. The van der Waals surface area contributed by atoms with E-state index in [1.54, 1.807) is 7.11 Å². The Balaban J connectivity index is 1.24. The van der Waals surface area contributed by atoms with Crippen LogP contribution in [0.3, 0.4) is 0 Å². The first-order valence-corrected chi connectivity index (χ1v) is 20.4. The van der Waals surface area contributed by atoms with E-state index >= 15 is 0 Å². The number of para-hydroxylation sites is 1. The highest BCUT2D eigenvalue weighted by molar-refractivity contribution is 8.00. The fraction of sp³-hybridized carbons (Fsp3) is 0.568. The molecule has 3 N–H and O–H groups in total. The lowest BCUT2D eigenvalue weighted by atomic mass is 9.44. The zero-order chi connectivity index (χ0) is 38.2. The van der Waals surface area contributed by atoms with Gasteiger partial charge in [-0.1, -0.05) is 69.3 Å². The summed E-state index contributed by atoms with van der Waals surface area (Å²) in [5.41, 5.74) is 6.08. The monoisotopic (exact) mass is 741 g/mol. The number of anilines is 1. The molecule has 3 aliphatic carbocycles. The molecule has 8 nitrogen and oxygen atoms in total. The molecule has 0 spiro atoms. The van der Waals surface area contributed by atoms with Crippen molar-refractivity contribution in [3.63, 3.8) is 0 Å². The number of amides is 1. The molecule has 1 saturated heterocycles. The Kier molecular flexibility index (Phi) is 11.9. The van der Waals surface area contributed by atoms with Crippen LogP contribution in [0.4, 0.5) is 5.69 Å². The number of aliphatic hydroxyl groups excluding tert-OH is 1. The van der Waals surface area contributed by atoms with E-state index in [0.29, 0.717) is 35.4 Å². The molecule has 1 heterocycles. The quantitative estimate of drug-likeness (QED) is 0.153. The second kappa shape index (κ2) is 16.0.